The van der Waals surface area contributed by atoms with Crippen LogP contribution < -0.4 is 5.73 Å². The van der Waals surface area contributed by atoms with Crippen molar-refractivity contribution in [1.82, 2.24) is 0 Å². The topological polar surface area (TPSA) is 26.0 Å². The lowest BCUT2D eigenvalue weighted by atomic mass is 10.0. The van der Waals surface area contributed by atoms with Gasteiger partial charge in [-0.25, -0.2) is 0 Å². The van der Waals surface area contributed by atoms with E-state index in [4.69, 9.17) is 5.73 Å². The van der Waals surface area contributed by atoms with Crippen LogP contribution in [-0.2, 0) is 0 Å². The molecule has 4 heteroatoms. The molecule has 0 radical (unpaired) electrons. The first-order chi connectivity index (χ1) is 7.99. The Morgan fingerprint density at radius 3 is 2.35 bits per heavy atom. The quantitative estimate of drug-likeness (QED) is 0.791. The number of halogens is 2. The van der Waals surface area contributed by atoms with E-state index in [0.29, 0.717) is 0 Å². The lowest BCUT2D eigenvalue weighted by Crippen LogP contribution is -2.11. The highest BCUT2D eigenvalue weighted by molar-refractivity contribution is 9.10. The molecule has 1 heterocycles. The first-order valence-electron chi connectivity index (χ1n) is 5.26. The van der Waals surface area contributed by atoms with Crippen molar-refractivity contribution < 1.29 is 0 Å². The smallest absolute Gasteiger partial charge is 0.0668 e. The van der Waals surface area contributed by atoms with Gasteiger partial charge in [-0.1, -0.05) is 28.1 Å². The lowest BCUT2D eigenvalue weighted by molar-refractivity contribution is 0.882. The van der Waals surface area contributed by atoms with Gasteiger partial charge in [-0.2, -0.15) is 0 Å². The second kappa shape index (κ2) is 5.22. The van der Waals surface area contributed by atoms with Crippen molar-refractivity contribution in [2.75, 3.05) is 0 Å². The number of thiophene rings is 1. The van der Waals surface area contributed by atoms with E-state index in [0.717, 1.165) is 14.5 Å². The normalized spacial score (nSPS) is 12.8. The molecule has 1 nitrogen and oxygen atoms in total. The van der Waals surface area contributed by atoms with Crippen molar-refractivity contribution in [3.8, 4) is 0 Å². The fourth-order valence-corrected chi connectivity index (χ4v) is 4.40. The molecule has 1 aromatic carbocycles. The molecular formula is C13H13Br2NS. The zero-order valence-corrected chi connectivity index (χ0v) is 13.6. The SMILES string of the molecule is Cc1ccc(C(N)c2sc(C)cc2Br)c(Br)c1. The fourth-order valence-electron chi connectivity index (χ4n) is 1.74. The molecule has 0 aliphatic rings. The number of hydrogen-bond acceptors (Lipinski definition) is 2. The molecule has 0 fully saturated rings. The van der Waals surface area contributed by atoms with Gasteiger partial charge in [-0.3, -0.25) is 0 Å². The molecule has 90 valence electrons. The summed E-state index contributed by atoms with van der Waals surface area (Å²) < 4.78 is 2.17. The Labute approximate surface area is 122 Å². The van der Waals surface area contributed by atoms with E-state index in [1.54, 1.807) is 11.3 Å². The van der Waals surface area contributed by atoms with Crippen LogP contribution in [0.15, 0.2) is 33.2 Å². The molecule has 0 aliphatic carbocycles. The first-order valence-corrected chi connectivity index (χ1v) is 7.66. The zero-order chi connectivity index (χ0) is 12.6. The summed E-state index contributed by atoms with van der Waals surface area (Å²) in [5, 5.41) is 0. The summed E-state index contributed by atoms with van der Waals surface area (Å²) in [6.07, 6.45) is 0. The molecule has 0 saturated heterocycles. The maximum absolute atomic E-state index is 6.33. The van der Waals surface area contributed by atoms with Gasteiger partial charge in [0.25, 0.3) is 0 Å². The van der Waals surface area contributed by atoms with Crippen LogP contribution in [-0.4, -0.2) is 0 Å². The third-order valence-electron chi connectivity index (χ3n) is 2.61. The molecule has 2 aromatic rings. The summed E-state index contributed by atoms with van der Waals surface area (Å²) in [7, 11) is 0. The average molecular weight is 375 g/mol. The minimum absolute atomic E-state index is 0.0851. The Bertz CT molecular complexity index is 548. The van der Waals surface area contributed by atoms with E-state index in [9.17, 15) is 0 Å². The van der Waals surface area contributed by atoms with Crippen molar-refractivity contribution in [1.29, 1.82) is 0 Å². The molecule has 0 spiro atoms. The standard InChI is InChI=1S/C13H13Br2NS/c1-7-3-4-9(10(14)5-7)12(16)13-11(15)6-8(2)17-13/h3-6,12H,16H2,1-2H3. The number of rotatable bonds is 2. The highest BCUT2D eigenvalue weighted by Crippen LogP contribution is 2.36. The Morgan fingerprint density at radius 2 is 1.82 bits per heavy atom. The van der Waals surface area contributed by atoms with Crippen molar-refractivity contribution in [3.05, 3.63) is 54.1 Å². The van der Waals surface area contributed by atoms with Crippen molar-refractivity contribution in [3.63, 3.8) is 0 Å². The van der Waals surface area contributed by atoms with Crippen LogP contribution in [0.1, 0.15) is 26.9 Å². The predicted octanol–water partition coefficient (Wildman–Crippen LogP) is 4.94. The van der Waals surface area contributed by atoms with E-state index in [1.807, 2.05) is 0 Å². The molecule has 17 heavy (non-hydrogen) atoms. The number of nitrogens with two attached hydrogens (primary N) is 1. The average Bonchev–Trinajstić information content (AvgIpc) is 2.57. The molecule has 1 unspecified atom stereocenters. The third-order valence-corrected chi connectivity index (χ3v) is 5.35. The van der Waals surface area contributed by atoms with Gasteiger partial charge in [0.05, 0.1) is 6.04 Å². The van der Waals surface area contributed by atoms with E-state index in [2.05, 4.69) is 70.0 Å². The van der Waals surface area contributed by atoms with Crippen LogP contribution in [0.5, 0.6) is 0 Å². The Hall–Kier alpha value is -0.160. The molecular weight excluding hydrogens is 362 g/mol. The molecule has 2 rings (SSSR count). The van der Waals surface area contributed by atoms with Gasteiger partial charge in [0.1, 0.15) is 0 Å². The van der Waals surface area contributed by atoms with Gasteiger partial charge in [-0.15, -0.1) is 11.3 Å². The van der Waals surface area contributed by atoms with Crippen molar-refractivity contribution >= 4 is 43.2 Å². The maximum Gasteiger partial charge on any atom is 0.0668 e. The van der Waals surface area contributed by atoms with Crippen LogP contribution in [0.4, 0.5) is 0 Å². The predicted molar refractivity (Wildman–Crippen MR) is 81.7 cm³/mol. The highest BCUT2D eigenvalue weighted by atomic mass is 79.9. The molecule has 0 bridgehead atoms. The van der Waals surface area contributed by atoms with E-state index in [1.165, 1.54) is 15.3 Å². The summed E-state index contributed by atoms with van der Waals surface area (Å²) in [5.74, 6) is 0. The Balaban J connectivity index is 2.43. The number of aryl methyl sites for hydroxylation is 2. The Kier molecular flexibility index (Phi) is 4.08. The second-order valence-corrected chi connectivity index (χ2v) is 7.07. The maximum atomic E-state index is 6.33. The van der Waals surface area contributed by atoms with E-state index in [-0.39, 0.29) is 6.04 Å². The number of hydrogen-bond donors (Lipinski definition) is 1. The van der Waals surface area contributed by atoms with Gasteiger partial charge in [0.15, 0.2) is 0 Å². The van der Waals surface area contributed by atoms with E-state index >= 15 is 0 Å². The van der Waals surface area contributed by atoms with Crippen LogP contribution in [0.3, 0.4) is 0 Å². The fraction of sp³-hybridized carbons (Fsp3) is 0.231. The molecule has 0 saturated carbocycles. The second-order valence-electron chi connectivity index (χ2n) is 4.07. The van der Waals surface area contributed by atoms with Crippen LogP contribution in [0, 0.1) is 13.8 Å². The van der Waals surface area contributed by atoms with Gasteiger partial charge >= 0.3 is 0 Å². The van der Waals surface area contributed by atoms with Gasteiger partial charge in [0, 0.05) is 18.7 Å². The monoisotopic (exact) mass is 373 g/mol. The van der Waals surface area contributed by atoms with Crippen LogP contribution >= 0.6 is 43.2 Å². The molecule has 0 amide bonds. The van der Waals surface area contributed by atoms with Crippen LogP contribution in [0.2, 0.25) is 0 Å². The lowest BCUT2D eigenvalue weighted by Gasteiger charge is -2.13. The molecule has 2 N–H and O–H groups in total. The minimum atomic E-state index is -0.0851. The van der Waals surface area contributed by atoms with Crippen molar-refractivity contribution in [2.45, 2.75) is 19.9 Å². The molecule has 0 aliphatic heterocycles. The van der Waals surface area contributed by atoms with Crippen molar-refractivity contribution in [2.24, 2.45) is 5.73 Å². The minimum Gasteiger partial charge on any atom is -0.320 e. The zero-order valence-electron chi connectivity index (χ0n) is 9.63. The summed E-state index contributed by atoms with van der Waals surface area (Å²) in [4.78, 5) is 2.44. The first kappa shape index (κ1) is 13.3. The summed E-state index contributed by atoms with van der Waals surface area (Å²) in [5.41, 5.74) is 8.69. The number of benzene rings is 1. The molecule has 1 atom stereocenters. The highest BCUT2D eigenvalue weighted by Gasteiger charge is 2.17. The largest absolute Gasteiger partial charge is 0.320 e. The molecule has 1 aromatic heterocycles. The summed E-state index contributed by atoms with van der Waals surface area (Å²) >= 11 is 8.89. The summed E-state index contributed by atoms with van der Waals surface area (Å²) in [6, 6.07) is 8.31. The van der Waals surface area contributed by atoms with Gasteiger partial charge < -0.3 is 5.73 Å². The Morgan fingerprint density at radius 1 is 1.12 bits per heavy atom. The van der Waals surface area contributed by atoms with Gasteiger partial charge in [-0.05, 0) is 53.0 Å². The van der Waals surface area contributed by atoms with E-state index < -0.39 is 0 Å². The summed E-state index contributed by atoms with van der Waals surface area (Å²) in [6.45, 7) is 4.17. The van der Waals surface area contributed by atoms with Crippen LogP contribution in [0.25, 0.3) is 0 Å². The third kappa shape index (κ3) is 2.81. The van der Waals surface area contributed by atoms with Gasteiger partial charge in [0.2, 0.25) is 0 Å².